The van der Waals surface area contributed by atoms with Crippen LogP contribution in [0.3, 0.4) is 0 Å². The van der Waals surface area contributed by atoms with E-state index in [4.69, 9.17) is 11.6 Å². The first-order chi connectivity index (χ1) is 8.69. The highest BCUT2D eigenvalue weighted by Gasteiger charge is 2.56. The third-order valence-electron chi connectivity index (χ3n) is 4.58. The second-order valence-corrected chi connectivity index (χ2v) is 6.19. The van der Waals surface area contributed by atoms with Crippen LogP contribution < -0.4 is 0 Å². The number of carbonyl (C=O) groups excluding carboxylic acids is 1. The van der Waals surface area contributed by atoms with E-state index in [1.165, 1.54) is 0 Å². The maximum absolute atomic E-state index is 12.7. The lowest BCUT2D eigenvalue weighted by atomic mass is 9.65. The van der Waals surface area contributed by atoms with Gasteiger partial charge in [0, 0.05) is 37.1 Å². The molecule has 1 aromatic carbocycles. The highest BCUT2D eigenvalue weighted by Crippen LogP contribution is 2.43. The summed E-state index contributed by atoms with van der Waals surface area (Å²) in [6.07, 6.45) is 0. The van der Waals surface area contributed by atoms with E-state index < -0.39 is 0 Å². The quantitative estimate of drug-likeness (QED) is 0.764. The molecule has 94 valence electrons. The summed E-state index contributed by atoms with van der Waals surface area (Å²) < 4.78 is 0. The Morgan fingerprint density at radius 2 is 1.83 bits per heavy atom. The molecule has 4 fully saturated rings. The summed E-state index contributed by atoms with van der Waals surface area (Å²) in [5.41, 5.74) is 0.647. The van der Waals surface area contributed by atoms with Crippen molar-refractivity contribution in [3.05, 3.63) is 34.9 Å². The number of hydrogen-bond acceptors (Lipinski definition) is 3. The van der Waals surface area contributed by atoms with Crippen molar-refractivity contribution < 1.29 is 4.79 Å². The molecule has 4 saturated heterocycles. The lowest BCUT2D eigenvalue weighted by Gasteiger charge is -2.58. The molecule has 0 aromatic heterocycles. The van der Waals surface area contributed by atoms with Crippen molar-refractivity contribution in [3.8, 4) is 0 Å². The molecule has 5 rings (SSSR count). The summed E-state index contributed by atoms with van der Waals surface area (Å²) in [7, 11) is 0. The summed E-state index contributed by atoms with van der Waals surface area (Å²) in [6.45, 7) is 4.55. The highest BCUT2D eigenvalue weighted by atomic mass is 35.5. The first kappa shape index (κ1) is 11.0. The Balaban J connectivity index is 1.87. The number of hydrogen-bond donors (Lipinski definition) is 0. The van der Waals surface area contributed by atoms with Gasteiger partial charge in [-0.25, -0.2) is 0 Å². The third kappa shape index (κ3) is 1.30. The van der Waals surface area contributed by atoms with Gasteiger partial charge in [0.15, 0.2) is 5.78 Å². The molecule has 2 unspecified atom stereocenters. The standard InChI is InChI=1S/C14H15ClN2O/c15-12-4-2-1-3-11(12)14-7-16-5-10(13(14)18)6-17(8-14)9-16/h1-4,10H,5-9H2. The van der Waals surface area contributed by atoms with Gasteiger partial charge < -0.3 is 0 Å². The molecular formula is C14H15ClN2O. The molecule has 0 radical (unpaired) electrons. The summed E-state index contributed by atoms with van der Waals surface area (Å²) >= 11 is 6.34. The molecule has 4 aliphatic rings. The van der Waals surface area contributed by atoms with Crippen LogP contribution >= 0.6 is 11.6 Å². The van der Waals surface area contributed by atoms with Crippen LogP contribution in [0, 0.1) is 5.92 Å². The molecule has 1 aromatic rings. The van der Waals surface area contributed by atoms with Crippen molar-refractivity contribution in [1.29, 1.82) is 0 Å². The number of piperidine rings is 2. The minimum Gasteiger partial charge on any atom is -0.298 e. The minimum absolute atomic E-state index is 0.178. The van der Waals surface area contributed by atoms with Crippen LogP contribution in [0.5, 0.6) is 0 Å². The summed E-state index contributed by atoms with van der Waals surface area (Å²) in [6, 6.07) is 7.83. The van der Waals surface area contributed by atoms with Gasteiger partial charge >= 0.3 is 0 Å². The van der Waals surface area contributed by atoms with Gasteiger partial charge in [-0.05, 0) is 11.6 Å². The molecule has 18 heavy (non-hydrogen) atoms. The van der Waals surface area contributed by atoms with Gasteiger partial charge in [-0.2, -0.15) is 0 Å². The molecule has 4 heterocycles. The van der Waals surface area contributed by atoms with Crippen LogP contribution in [-0.4, -0.2) is 48.4 Å². The van der Waals surface area contributed by atoms with Crippen LogP contribution in [0.25, 0.3) is 0 Å². The lowest BCUT2D eigenvalue weighted by molar-refractivity contribution is -0.153. The van der Waals surface area contributed by atoms with Gasteiger partial charge in [0.1, 0.15) is 0 Å². The second-order valence-electron chi connectivity index (χ2n) is 5.79. The van der Waals surface area contributed by atoms with Crippen LogP contribution in [-0.2, 0) is 10.2 Å². The maximum Gasteiger partial charge on any atom is 0.151 e. The maximum atomic E-state index is 12.7. The molecule has 0 aliphatic carbocycles. The number of nitrogens with zero attached hydrogens (tertiary/aromatic N) is 2. The largest absolute Gasteiger partial charge is 0.298 e. The number of Topliss-reactive ketones (excluding diaryl/α,β-unsaturated/α-hetero) is 1. The number of ketones is 1. The van der Waals surface area contributed by atoms with E-state index in [1.807, 2.05) is 24.3 Å². The Labute approximate surface area is 111 Å². The van der Waals surface area contributed by atoms with E-state index in [2.05, 4.69) is 9.80 Å². The zero-order valence-electron chi connectivity index (χ0n) is 10.1. The zero-order chi connectivity index (χ0) is 12.3. The van der Waals surface area contributed by atoms with Crippen molar-refractivity contribution in [1.82, 2.24) is 9.80 Å². The van der Waals surface area contributed by atoms with Gasteiger partial charge in [-0.15, -0.1) is 0 Å². The fraction of sp³-hybridized carbons (Fsp3) is 0.500. The summed E-state index contributed by atoms with van der Waals surface area (Å²) in [5.74, 6) is 0.584. The van der Waals surface area contributed by atoms with Crippen LogP contribution in [0.2, 0.25) is 5.02 Å². The summed E-state index contributed by atoms with van der Waals surface area (Å²) in [5, 5.41) is 0.732. The lowest BCUT2D eigenvalue weighted by Crippen LogP contribution is -2.73. The first-order valence-corrected chi connectivity index (χ1v) is 6.81. The van der Waals surface area contributed by atoms with Crippen LogP contribution in [0.15, 0.2) is 24.3 Å². The van der Waals surface area contributed by atoms with Crippen molar-refractivity contribution in [3.63, 3.8) is 0 Å². The molecule has 2 atom stereocenters. The fourth-order valence-electron chi connectivity index (χ4n) is 3.99. The van der Waals surface area contributed by atoms with Crippen LogP contribution in [0.4, 0.5) is 0 Å². The fourth-order valence-corrected chi connectivity index (χ4v) is 4.30. The van der Waals surface area contributed by atoms with E-state index in [0.717, 1.165) is 43.4 Å². The van der Waals surface area contributed by atoms with E-state index in [1.54, 1.807) is 0 Å². The molecule has 4 bridgehead atoms. The second kappa shape index (κ2) is 3.56. The van der Waals surface area contributed by atoms with Crippen molar-refractivity contribution >= 4 is 17.4 Å². The van der Waals surface area contributed by atoms with Crippen molar-refractivity contribution in [2.24, 2.45) is 5.92 Å². The van der Waals surface area contributed by atoms with E-state index >= 15 is 0 Å². The van der Waals surface area contributed by atoms with E-state index in [9.17, 15) is 4.79 Å². The molecule has 0 N–H and O–H groups in total. The Morgan fingerprint density at radius 3 is 2.50 bits per heavy atom. The molecule has 4 heteroatoms. The summed E-state index contributed by atoms with van der Waals surface area (Å²) in [4.78, 5) is 17.5. The van der Waals surface area contributed by atoms with Gasteiger partial charge in [0.2, 0.25) is 0 Å². The SMILES string of the molecule is O=C1C2CN3CN(C2)CC1(c1ccccc1Cl)C3. The average molecular weight is 263 g/mol. The normalized spacial score (nSPS) is 41.4. The number of carbonyl (C=O) groups is 1. The predicted octanol–water partition coefficient (Wildman–Crippen LogP) is 1.37. The molecule has 0 spiro atoms. The van der Waals surface area contributed by atoms with Crippen LogP contribution in [0.1, 0.15) is 5.56 Å². The topological polar surface area (TPSA) is 23.6 Å². The number of halogens is 1. The zero-order valence-corrected chi connectivity index (χ0v) is 10.9. The van der Waals surface area contributed by atoms with E-state index in [-0.39, 0.29) is 11.3 Å². The van der Waals surface area contributed by atoms with Gasteiger partial charge in [0.05, 0.1) is 12.1 Å². The number of benzene rings is 1. The smallest absolute Gasteiger partial charge is 0.151 e. The van der Waals surface area contributed by atoms with E-state index in [0.29, 0.717) is 5.78 Å². The monoisotopic (exact) mass is 262 g/mol. The first-order valence-electron chi connectivity index (χ1n) is 6.43. The Bertz CT molecular complexity index is 516. The highest BCUT2D eigenvalue weighted by molar-refractivity contribution is 6.31. The third-order valence-corrected chi connectivity index (χ3v) is 4.91. The molecule has 4 aliphatic heterocycles. The van der Waals surface area contributed by atoms with Gasteiger partial charge in [-0.1, -0.05) is 29.8 Å². The number of rotatable bonds is 1. The van der Waals surface area contributed by atoms with Gasteiger partial charge in [0.25, 0.3) is 0 Å². The Hall–Kier alpha value is -0.900. The molecule has 0 saturated carbocycles. The Kier molecular flexibility index (Phi) is 2.17. The molecular weight excluding hydrogens is 248 g/mol. The average Bonchev–Trinajstić information content (AvgIpc) is 2.35. The Morgan fingerprint density at radius 1 is 1.17 bits per heavy atom. The molecule has 0 amide bonds. The molecule has 3 nitrogen and oxygen atoms in total. The van der Waals surface area contributed by atoms with Crippen molar-refractivity contribution in [2.45, 2.75) is 5.41 Å². The van der Waals surface area contributed by atoms with Gasteiger partial charge in [-0.3, -0.25) is 14.6 Å². The minimum atomic E-state index is -0.377. The predicted molar refractivity (Wildman–Crippen MR) is 69.6 cm³/mol. The van der Waals surface area contributed by atoms with Crippen molar-refractivity contribution in [2.75, 3.05) is 32.8 Å².